The minimum Gasteiger partial charge on any atom is -0.380 e. The van der Waals surface area contributed by atoms with E-state index in [0.717, 1.165) is 0 Å². The van der Waals surface area contributed by atoms with Crippen LogP contribution >= 0.6 is 0 Å². The maximum Gasteiger partial charge on any atom is 0.424 e. The minimum absolute atomic E-state index is 0.236. The predicted molar refractivity (Wildman–Crippen MR) is 73.2 cm³/mol. The molecule has 0 saturated heterocycles. The number of rotatable bonds is 8. The molecule has 0 saturated carbocycles. The first-order valence-electron chi connectivity index (χ1n) is 6.67. The van der Waals surface area contributed by atoms with Crippen LogP contribution in [0, 0.1) is 0 Å². The van der Waals surface area contributed by atoms with Crippen LogP contribution in [0.25, 0.3) is 0 Å². The minimum atomic E-state index is -4.65. The molecule has 0 aliphatic heterocycles. The zero-order valence-corrected chi connectivity index (χ0v) is 13.0. The largest absolute Gasteiger partial charge is 0.424 e. The van der Waals surface area contributed by atoms with Gasteiger partial charge in [-0.25, -0.2) is 0 Å². The van der Waals surface area contributed by atoms with Gasteiger partial charge in [-0.15, -0.1) is 0 Å². The molecule has 0 aliphatic carbocycles. The van der Waals surface area contributed by atoms with E-state index in [0.29, 0.717) is 24.9 Å². The molecule has 0 amide bonds. The summed E-state index contributed by atoms with van der Waals surface area (Å²) < 4.78 is 83.1. The first-order chi connectivity index (χ1) is 10.6. The van der Waals surface area contributed by atoms with Crippen molar-refractivity contribution in [3.05, 3.63) is 29.8 Å². The van der Waals surface area contributed by atoms with Gasteiger partial charge in [-0.2, -0.15) is 26.3 Å². The van der Waals surface area contributed by atoms with Gasteiger partial charge in [-0.3, -0.25) is 0 Å². The summed E-state index contributed by atoms with van der Waals surface area (Å²) in [7, 11) is -2.93. The average Bonchev–Trinajstić information content (AvgIpc) is 2.43. The van der Waals surface area contributed by atoms with Crippen molar-refractivity contribution in [3.63, 3.8) is 0 Å². The summed E-state index contributed by atoms with van der Waals surface area (Å²) in [5, 5.41) is 0.236. The van der Waals surface area contributed by atoms with E-state index < -0.39 is 34.9 Å². The fourth-order valence-electron chi connectivity index (χ4n) is 1.72. The van der Waals surface area contributed by atoms with E-state index in [1.165, 1.54) is 12.1 Å². The standard InChI is InChI=1S/C13H16F6NO2Si/c14-12(15,16)8-21-23(22-9-13(17,18)19)11-6-2-1-4-10(11)5-3-7-20/h1-2,4,6H,3,5,7-9,20H2. The van der Waals surface area contributed by atoms with Gasteiger partial charge in [0.2, 0.25) is 0 Å². The Hall–Kier alpha value is -1.10. The van der Waals surface area contributed by atoms with E-state index in [4.69, 9.17) is 5.73 Å². The van der Waals surface area contributed by atoms with Gasteiger partial charge in [0.15, 0.2) is 0 Å². The lowest BCUT2D eigenvalue weighted by Gasteiger charge is -2.20. The van der Waals surface area contributed by atoms with Crippen molar-refractivity contribution in [2.24, 2.45) is 5.73 Å². The second-order valence-electron chi connectivity index (χ2n) is 4.64. The quantitative estimate of drug-likeness (QED) is 0.572. The van der Waals surface area contributed by atoms with Crippen LogP contribution in [-0.2, 0) is 15.3 Å². The summed E-state index contributed by atoms with van der Waals surface area (Å²) in [6.07, 6.45) is -8.33. The monoisotopic (exact) mass is 360 g/mol. The highest BCUT2D eigenvalue weighted by Gasteiger charge is 2.36. The molecule has 23 heavy (non-hydrogen) atoms. The zero-order chi connectivity index (χ0) is 17.5. The Morgan fingerprint density at radius 2 is 1.43 bits per heavy atom. The number of alkyl halides is 6. The van der Waals surface area contributed by atoms with Gasteiger partial charge in [-0.05, 0) is 30.1 Å². The van der Waals surface area contributed by atoms with E-state index >= 15 is 0 Å². The molecule has 0 unspecified atom stereocenters. The van der Waals surface area contributed by atoms with E-state index in [2.05, 4.69) is 8.85 Å². The highest BCUT2D eigenvalue weighted by Crippen LogP contribution is 2.18. The van der Waals surface area contributed by atoms with Crippen LogP contribution in [0.15, 0.2) is 24.3 Å². The Balaban J connectivity index is 2.93. The van der Waals surface area contributed by atoms with Crippen LogP contribution in [0.1, 0.15) is 12.0 Å². The Morgan fingerprint density at radius 1 is 0.913 bits per heavy atom. The van der Waals surface area contributed by atoms with Gasteiger partial charge < -0.3 is 14.6 Å². The number of hydrogen-bond acceptors (Lipinski definition) is 3. The number of benzene rings is 1. The van der Waals surface area contributed by atoms with Crippen molar-refractivity contribution in [1.82, 2.24) is 0 Å². The Morgan fingerprint density at radius 3 is 1.91 bits per heavy atom. The first-order valence-corrected chi connectivity index (χ1v) is 7.98. The molecule has 1 radical (unpaired) electrons. The first kappa shape index (κ1) is 19.9. The molecule has 0 spiro atoms. The third-order valence-corrected chi connectivity index (χ3v) is 4.36. The summed E-state index contributed by atoms with van der Waals surface area (Å²) in [6, 6.07) is 6.19. The van der Waals surface area contributed by atoms with Gasteiger partial charge >= 0.3 is 21.6 Å². The van der Waals surface area contributed by atoms with Crippen LogP contribution in [0.2, 0.25) is 0 Å². The molecule has 0 heterocycles. The maximum atomic E-state index is 12.3. The molecule has 1 aromatic carbocycles. The lowest BCUT2D eigenvalue weighted by atomic mass is 10.1. The van der Waals surface area contributed by atoms with Gasteiger partial charge in [0.25, 0.3) is 0 Å². The molecule has 131 valence electrons. The Kier molecular flexibility index (Phi) is 7.51. The fourth-order valence-corrected chi connectivity index (χ4v) is 3.41. The smallest absolute Gasteiger partial charge is 0.380 e. The second-order valence-corrected chi connectivity index (χ2v) is 6.34. The molecular formula is C13H16F6NO2Si. The average molecular weight is 360 g/mol. The second kappa shape index (κ2) is 8.67. The van der Waals surface area contributed by atoms with Gasteiger partial charge in [-0.1, -0.05) is 24.3 Å². The summed E-state index contributed by atoms with van der Waals surface area (Å²) in [4.78, 5) is 0. The van der Waals surface area contributed by atoms with Gasteiger partial charge in [0.1, 0.15) is 13.2 Å². The van der Waals surface area contributed by atoms with Gasteiger partial charge in [0, 0.05) is 0 Å². The highest BCUT2D eigenvalue weighted by molar-refractivity contribution is 6.61. The molecule has 0 aromatic heterocycles. The van der Waals surface area contributed by atoms with Crippen molar-refractivity contribution >= 4 is 14.5 Å². The topological polar surface area (TPSA) is 44.5 Å². The van der Waals surface area contributed by atoms with Crippen LogP contribution in [-0.4, -0.2) is 41.4 Å². The lowest BCUT2D eigenvalue weighted by Crippen LogP contribution is -2.43. The molecule has 3 nitrogen and oxygen atoms in total. The van der Waals surface area contributed by atoms with Crippen LogP contribution in [0.3, 0.4) is 0 Å². The normalized spacial score (nSPS) is 12.9. The third-order valence-electron chi connectivity index (χ3n) is 2.62. The molecule has 10 heteroatoms. The molecule has 0 bridgehead atoms. The van der Waals surface area contributed by atoms with Crippen molar-refractivity contribution in [1.29, 1.82) is 0 Å². The highest BCUT2D eigenvalue weighted by atomic mass is 28.3. The maximum absolute atomic E-state index is 12.3. The zero-order valence-electron chi connectivity index (χ0n) is 12.0. The van der Waals surface area contributed by atoms with Crippen molar-refractivity contribution in [2.75, 3.05) is 19.8 Å². The van der Waals surface area contributed by atoms with E-state index in [-0.39, 0.29) is 5.19 Å². The van der Waals surface area contributed by atoms with Crippen LogP contribution in [0.5, 0.6) is 0 Å². The van der Waals surface area contributed by atoms with Gasteiger partial charge in [0.05, 0.1) is 0 Å². The predicted octanol–water partition coefficient (Wildman–Crippen LogP) is 2.43. The number of hydrogen-bond donors (Lipinski definition) is 1. The summed E-state index contributed by atoms with van der Waals surface area (Å²) in [5.74, 6) is 0. The van der Waals surface area contributed by atoms with E-state index in [9.17, 15) is 26.3 Å². The Labute approximate surface area is 131 Å². The van der Waals surface area contributed by atoms with E-state index in [1.807, 2.05) is 0 Å². The SMILES string of the molecule is NCCCc1ccccc1[Si](OCC(F)(F)F)OCC(F)(F)F. The van der Waals surface area contributed by atoms with Crippen LogP contribution in [0.4, 0.5) is 26.3 Å². The van der Waals surface area contributed by atoms with Crippen molar-refractivity contribution in [3.8, 4) is 0 Å². The summed E-state index contributed by atoms with van der Waals surface area (Å²) >= 11 is 0. The number of nitrogens with two attached hydrogens (primary N) is 1. The van der Waals surface area contributed by atoms with Crippen LogP contribution < -0.4 is 10.9 Å². The molecular weight excluding hydrogens is 344 g/mol. The van der Waals surface area contributed by atoms with E-state index in [1.54, 1.807) is 12.1 Å². The molecule has 0 aliphatic rings. The molecule has 0 atom stereocenters. The third kappa shape index (κ3) is 8.35. The lowest BCUT2D eigenvalue weighted by molar-refractivity contribution is -0.167. The molecule has 1 rings (SSSR count). The Bertz CT molecular complexity index is 462. The van der Waals surface area contributed by atoms with Crippen molar-refractivity contribution in [2.45, 2.75) is 25.2 Å². The number of halogens is 6. The summed E-state index contributed by atoms with van der Waals surface area (Å²) in [6.45, 7) is -2.97. The molecule has 2 N–H and O–H groups in total. The molecule has 1 aromatic rings. The fraction of sp³-hybridized carbons (Fsp3) is 0.538. The number of aryl methyl sites for hydroxylation is 1. The summed E-state index contributed by atoms with van der Waals surface area (Å²) in [5.41, 5.74) is 5.96. The van der Waals surface area contributed by atoms with Crippen molar-refractivity contribution < 1.29 is 35.2 Å². The molecule has 0 fully saturated rings.